The number of ether oxygens (including phenoxy) is 1. The Morgan fingerprint density at radius 3 is 2.82 bits per heavy atom. The molecule has 0 aromatic heterocycles. The van der Waals surface area contributed by atoms with Crippen LogP contribution in [0.3, 0.4) is 0 Å². The number of methoxy groups -OCH3 is 1. The van der Waals surface area contributed by atoms with Crippen LogP contribution in [0.25, 0.3) is 0 Å². The van der Waals surface area contributed by atoms with Crippen LogP contribution in [0.1, 0.15) is 11.1 Å². The highest BCUT2D eigenvalue weighted by atomic mass is 32.2. The molecule has 4 nitrogen and oxygen atoms in total. The molecule has 17 heavy (non-hydrogen) atoms. The number of nitrogens with one attached hydrogen (secondary N) is 1. The van der Waals surface area contributed by atoms with Crippen LogP contribution in [-0.4, -0.2) is 24.9 Å². The first-order valence-corrected chi connectivity index (χ1v) is 6.19. The molecule has 1 atom stereocenters. The fourth-order valence-corrected chi connectivity index (χ4v) is 2.59. The molecule has 0 aliphatic heterocycles. The lowest BCUT2D eigenvalue weighted by molar-refractivity contribution is -0.121. The summed E-state index contributed by atoms with van der Waals surface area (Å²) < 4.78 is 5.03. The quantitative estimate of drug-likeness (QED) is 0.361. The molecule has 1 unspecified atom stereocenters. The average molecular weight is 254 g/mol. The molecular formula is C12H18N2O2S. The molecule has 0 bridgehead atoms. The Bertz CT molecular complexity index is 396. The van der Waals surface area contributed by atoms with E-state index < -0.39 is 0 Å². The molecule has 0 saturated carbocycles. The summed E-state index contributed by atoms with van der Waals surface area (Å²) in [6.45, 7) is 4.38. The number of amides is 1. The van der Waals surface area contributed by atoms with Crippen LogP contribution in [0.2, 0.25) is 0 Å². The van der Waals surface area contributed by atoms with Crippen molar-refractivity contribution in [2.24, 2.45) is 5.84 Å². The minimum atomic E-state index is -0.328. The zero-order valence-electron chi connectivity index (χ0n) is 10.3. The molecule has 0 aliphatic rings. The van der Waals surface area contributed by atoms with E-state index in [1.165, 1.54) is 17.3 Å². The molecule has 94 valence electrons. The largest absolute Gasteiger partial charge is 0.383 e. The standard InChI is InChI=1S/C12H18N2O2S/c1-8-4-5-9(2)10(6-8)17-11(7-16-3)12(15)14-13/h4-6,11H,7,13H2,1-3H3,(H,14,15). The van der Waals surface area contributed by atoms with Crippen molar-refractivity contribution in [3.05, 3.63) is 29.3 Å². The molecule has 0 radical (unpaired) electrons. The second-order valence-corrected chi connectivity index (χ2v) is 5.08. The van der Waals surface area contributed by atoms with E-state index in [-0.39, 0.29) is 11.2 Å². The normalized spacial score (nSPS) is 12.2. The summed E-state index contributed by atoms with van der Waals surface area (Å²) in [5.41, 5.74) is 4.48. The first kappa shape index (κ1) is 14.0. The highest BCUT2D eigenvalue weighted by Gasteiger charge is 2.19. The lowest BCUT2D eigenvalue weighted by atomic mass is 10.2. The van der Waals surface area contributed by atoms with Crippen LogP contribution < -0.4 is 11.3 Å². The number of thioether (sulfide) groups is 1. The van der Waals surface area contributed by atoms with Crippen LogP contribution >= 0.6 is 11.8 Å². The van der Waals surface area contributed by atoms with E-state index in [1.54, 1.807) is 7.11 Å². The van der Waals surface area contributed by atoms with Gasteiger partial charge in [0, 0.05) is 12.0 Å². The minimum absolute atomic E-state index is 0.224. The monoisotopic (exact) mass is 254 g/mol. The van der Waals surface area contributed by atoms with Crippen molar-refractivity contribution in [1.82, 2.24) is 5.43 Å². The highest BCUT2D eigenvalue weighted by Crippen LogP contribution is 2.27. The molecule has 1 aromatic carbocycles. The number of carbonyl (C=O) groups is 1. The number of benzene rings is 1. The van der Waals surface area contributed by atoms with Crippen LogP contribution in [0.15, 0.2) is 23.1 Å². The van der Waals surface area contributed by atoms with Gasteiger partial charge >= 0.3 is 0 Å². The van der Waals surface area contributed by atoms with Gasteiger partial charge in [0.2, 0.25) is 5.91 Å². The fraction of sp³-hybridized carbons (Fsp3) is 0.417. The zero-order valence-corrected chi connectivity index (χ0v) is 11.1. The van der Waals surface area contributed by atoms with Crippen LogP contribution in [0, 0.1) is 13.8 Å². The summed E-state index contributed by atoms with van der Waals surface area (Å²) in [5.74, 6) is 4.93. The van der Waals surface area contributed by atoms with Crippen molar-refractivity contribution in [1.29, 1.82) is 0 Å². The zero-order chi connectivity index (χ0) is 12.8. The highest BCUT2D eigenvalue weighted by molar-refractivity contribution is 8.00. The molecule has 1 aromatic rings. The van der Waals surface area contributed by atoms with Crippen LogP contribution in [-0.2, 0) is 9.53 Å². The van der Waals surface area contributed by atoms with Gasteiger partial charge in [0.1, 0.15) is 5.25 Å². The number of hydrogen-bond donors (Lipinski definition) is 2. The van der Waals surface area contributed by atoms with Gasteiger partial charge in [-0.25, -0.2) is 5.84 Å². The molecule has 5 heteroatoms. The Morgan fingerprint density at radius 2 is 2.24 bits per heavy atom. The maximum atomic E-state index is 11.6. The van der Waals surface area contributed by atoms with Crippen molar-refractivity contribution < 1.29 is 9.53 Å². The van der Waals surface area contributed by atoms with Gasteiger partial charge in [0.15, 0.2) is 0 Å². The summed E-state index contributed by atoms with van der Waals surface area (Å²) in [6, 6.07) is 6.15. The van der Waals surface area contributed by atoms with Gasteiger partial charge in [0.05, 0.1) is 6.61 Å². The van der Waals surface area contributed by atoms with Gasteiger partial charge in [-0.05, 0) is 25.5 Å². The van der Waals surface area contributed by atoms with Gasteiger partial charge in [-0.1, -0.05) is 17.7 Å². The lowest BCUT2D eigenvalue weighted by Crippen LogP contribution is -2.39. The number of hydrazine groups is 1. The summed E-state index contributed by atoms with van der Waals surface area (Å²) in [4.78, 5) is 12.6. The lowest BCUT2D eigenvalue weighted by Gasteiger charge is -2.15. The Morgan fingerprint density at radius 1 is 1.53 bits per heavy atom. The molecule has 1 rings (SSSR count). The van der Waals surface area contributed by atoms with E-state index in [0.717, 1.165) is 10.5 Å². The Kier molecular flexibility index (Phi) is 5.47. The number of hydrogen-bond acceptors (Lipinski definition) is 4. The number of aryl methyl sites for hydroxylation is 2. The van der Waals surface area contributed by atoms with Crippen molar-refractivity contribution >= 4 is 17.7 Å². The summed E-state index contributed by atoms with van der Waals surface area (Å²) >= 11 is 1.47. The minimum Gasteiger partial charge on any atom is -0.383 e. The number of carbonyl (C=O) groups excluding carboxylic acids is 1. The maximum Gasteiger partial charge on any atom is 0.249 e. The number of rotatable bonds is 5. The van der Waals surface area contributed by atoms with Gasteiger partial charge in [-0.15, -0.1) is 11.8 Å². The Labute approximate surface area is 106 Å². The Hall–Kier alpha value is -1.04. The average Bonchev–Trinajstić information content (AvgIpc) is 2.32. The first-order chi connectivity index (χ1) is 8.08. The predicted molar refractivity (Wildman–Crippen MR) is 69.8 cm³/mol. The van der Waals surface area contributed by atoms with Crippen molar-refractivity contribution in [3.63, 3.8) is 0 Å². The van der Waals surface area contributed by atoms with E-state index in [9.17, 15) is 4.79 Å². The van der Waals surface area contributed by atoms with E-state index in [1.807, 2.05) is 26.0 Å². The summed E-state index contributed by atoms with van der Waals surface area (Å²) in [5, 5.41) is -0.328. The van der Waals surface area contributed by atoms with Crippen LogP contribution in [0.5, 0.6) is 0 Å². The second-order valence-electron chi connectivity index (χ2n) is 3.84. The van der Waals surface area contributed by atoms with Crippen molar-refractivity contribution in [3.8, 4) is 0 Å². The van der Waals surface area contributed by atoms with Gasteiger partial charge in [-0.2, -0.15) is 0 Å². The second kappa shape index (κ2) is 6.64. The SMILES string of the molecule is COCC(Sc1cc(C)ccc1C)C(=O)NN. The van der Waals surface area contributed by atoms with E-state index >= 15 is 0 Å². The smallest absolute Gasteiger partial charge is 0.249 e. The van der Waals surface area contributed by atoms with E-state index in [2.05, 4.69) is 11.5 Å². The topological polar surface area (TPSA) is 64.3 Å². The first-order valence-electron chi connectivity index (χ1n) is 5.31. The molecule has 0 spiro atoms. The molecule has 0 fully saturated rings. The molecule has 3 N–H and O–H groups in total. The van der Waals surface area contributed by atoms with Gasteiger partial charge in [-0.3, -0.25) is 10.2 Å². The van der Waals surface area contributed by atoms with E-state index in [0.29, 0.717) is 6.61 Å². The summed E-state index contributed by atoms with van der Waals surface area (Å²) in [6.07, 6.45) is 0. The molecular weight excluding hydrogens is 236 g/mol. The molecule has 1 amide bonds. The fourth-order valence-electron chi connectivity index (χ4n) is 1.40. The molecule has 0 saturated heterocycles. The van der Waals surface area contributed by atoms with Gasteiger partial charge < -0.3 is 4.74 Å². The van der Waals surface area contributed by atoms with Crippen molar-refractivity contribution in [2.45, 2.75) is 24.0 Å². The van der Waals surface area contributed by atoms with Gasteiger partial charge in [0.25, 0.3) is 0 Å². The number of nitrogens with two attached hydrogens (primary N) is 1. The third-order valence-corrected chi connectivity index (χ3v) is 3.69. The third-order valence-electron chi connectivity index (χ3n) is 2.37. The van der Waals surface area contributed by atoms with Crippen LogP contribution in [0.4, 0.5) is 0 Å². The Balaban J connectivity index is 2.85. The van der Waals surface area contributed by atoms with Crippen molar-refractivity contribution in [2.75, 3.05) is 13.7 Å². The molecule has 0 aliphatic carbocycles. The summed E-state index contributed by atoms with van der Waals surface area (Å²) in [7, 11) is 1.57. The predicted octanol–water partition coefficient (Wildman–Crippen LogP) is 1.40. The van der Waals surface area contributed by atoms with E-state index in [4.69, 9.17) is 10.6 Å². The maximum absolute atomic E-state index is 11.6. The third kappa shape index (κ3) is 4.03. The molecule has 0 heterocycles.